The van der Waals surface area contributed by atoms with Gasteiger partial charge in [-0.15, -0.1) is 5.10 Å². The molecule has 0 saturated carbocycles. The first kappa shape index (κ1) is 14.2. The fourth-order valence-corrected chi connectivity index (χ4v) is 1.99. The standard InChI is InChI=1S/C15H19N7/c1-4-10(3)16-15-18-13(12-14(19-15)21-22-20-12)17-11-7-5-9(2)6-8-11/h5-8,10H,4H2,1-3H3,(H3,16,17,18,19,20,21,22)/t10-/m0/s1. The minimum atomic E-state index is 0.288. The molecular formula is C15H19N7. The predicted octanol–water partition coefficient (Wildman–Crippen LogP) is 3.01. The lowest BCUT2D eigenvalue weighted by Gasteiger charge is -2.12. The lowest BCUT2D eigenvalue weighted by molar-refractivity contribution is 0.754. The van der Waals surface area contributed by atoms with Gasteiger partial charge in [0.15, 0.2) is 11.3 Å². The van der Waals surface area contributed by atoms with Gasteiger partial charge in [-0.2, -0.15) is 20.3 Å². The molecule has 0 saturated heterocycles. The number of anilines is 3. The summed E-state index contributed by atoms with van der Waals surface area (Å²) in [6, 6.07) is 8.39. The van der Waals surface area contributed by atoms with E-state index in [9.17, 15) is 0 Å². The maximum Gasteiger partial charge on any atom is 0.227 e. The third-order valence-electron chi connectivity index (χ3n) is 3.49. The van der Waals surface area contributed by atoms with E-state index < -0.39 is 0 Å². The van der Waals surface area contributed by atoms with Crippen LogP contribution in [-0.4, -0.2) is 31.4 Å². The monoisotopic (exact) mass is 297 g/mol. The van der Waals surface area contributed by atoms with Gasteiger partial charge in [0.25, 0.3) is 0 Å². The van der Waals surface area contributed by atoms with Crippen molar-refractivity contribution in [3.63, 3.8) is 0 Å². The lowest BCUT2D eigenvalue weighted by atomic mass is 10.2. The Morgan fingerprint density at radius 2 is 1.91 bits per heavy atom. The van der Waals surface area contributed by atoms with Crippen LogP contribution in [0.4, 0.5) is 17.5 Å². The Labute approximate surface area is 128 Å². The summed E-state index contributed by atoms with van der Waals surface area (Å²) in [5.41, 5.74) is 3.31. The van der Waals surface area contributed by atoms with Gasteiger partial charge in [-0.25, -0.2) is 0 Å². The first-order valence-corrected chi connectivity index (χ1v) is 7.34. The summed E-state index contributed by atoms with van der Waals surface area (Å²) in [4.78, 5) is 8.90. The molecule has 114 valence electrons. The Balaban J connectivity index is 1.95. The highest BCUT2D eigenvalue weighted by Gasteiger charge is 2.12. The van der Waals surface area contributed by atoms with E-state index in [1.54, 1.807) is 0 Å². The van der Waals surface area contributed by atoms with Gasteiger partial charge in [0.1, 0.15) is 0 Å². The normalized spacial score (nSPS) is 12.3. The van der Waals surface area contributed by atoms with Crippen LogP contribution in [0.15, 0.2) is 24.3 Å². The summed E-state index contributed by atoms with van der Waals surface area (Å²) >= 11 is 0. The van der Waals surface area contributed by atoms with Crippen molar-refractivity contribution >= 4 is 28.6 Å². The van der Waals surface area contributed by atoms with Crippen LogP contribution < -0.4 is 10.6 Å². The van der Waals surface area contributed by atoms with Crippen molar-refractivity contribution < 1.29 is 0 Å². The van der Waals surface area contributed by atoms with Crippen LogP contribution in [-0.2, 0) is 0 Å². The average Bonchev–Trinajstić information content (AvgIpc) is 2.98. The van der Waals surface area contributed by atoms with Crippen molar-refractivity contribution in [1.29, 1.82) is 0 Å². The number of aromatic nitrogens is 5. The van der Waals surface area contributed by atoms with E-state index in [1.165, 1.54) is 5.56 Å². The molecule has 0 aliphatic carbocycles. The zero-order chi connectivity index (χ0) is 15.5. The number of hydrogen-bond acceptors (Lipinski definition) is 6. The van der Waals surface area contributed by atoms with Crippen LogP contribution in [0.5, 0.6) is 0 Å². The number of rotatable bonds is 5. The fraction of sp³-hybridized carbons (Fsp3) is 0.333. The molecule has 1 atom stereocenters. The molecule has 3 rings (SSSR count). The molecule has 22 heavy (non-hydrogen) atoms. The number of nitrogens with zero attached hydrogens (tertiary/aromatic N) is 4. The van der Waals surface area contributed by atoms with Crippen molar-refractivity contribution in [2.24, 2.45) is 0 Å². The van der Waals surface area contributed by atoms with Gasteiger partial charge in [0.05, 0.1) is 0 Å². The molecule has 0 aliphatic heterocycles. The number of hydrogen-bond donors (Lipinski definition) is 3. The van der Waals surface area contributed by atoms with Gasteiger partial charge in [0.2, 0.25) is 11.6 Å². The molecule has 0 bridgehead atoms. The summed E-state index contributed by atoms with van der Waals surface area (Å²) in [6.07, 6.45) is 0.987. The SMILES string of the molecule is CC[C@H](C)Nc1nc(Nc2ccc(C)cc2)c2n[nH]nc2n1. The number of fused-ring (bicyclic) bond motifs is 1. The maximum atomic E-state index is 4.52. The van der Waals surface area contributed by atoms with Crippen LogP contribution in [0, 0.1) is 6.92 Å². The highest BCUT2D eigenvalue weighted by molar-refractivity contribution is 5.85. The molecule has 0 radical (unpaired) electrons. The topological polar surface area (TPSA) is 91.4 Å². The molecule has 0 aliphatic rings. The van der Waals surface area contributed by atoms with Crippen LogP contribution in [0.3, 0.4) is 0 Å². The second-order valence-electron chi connectivity index (χ2n) is 5.34. The maximum absolute atomic E-state index is 4.52. The van der Waals surface area contributed by atoms with E-state index in [0.717, 1.165) is 12.1 Å². The quantitative estimate of drug-likeness (QED) is 0.670. The summed E-state index contributed by atoms with van der Waals surface area (Å²) in [5.74, 6) is 1.18. The zero-order valence-electron chi connectivity index (χ0n) is 12.9. The highest BCUT2D eigenvalue weighted by atomic mass is 15.4. The first-order valence-electron chi connectivity index (χ1n) is 7.34. The molecule has 0 spiro atoms. The molecule has 0 unspecified atom stereocenters. The molecule has 2 aromatic heterocycles. The fourth-order valence-electron chi connectivity index (χ4n) is 1.99. The lowest BCUT2D eigenvalue weighted by Crippen LogP contribution is -2.16. The van der Waals surface area contributed by atoms with E-state index in [4.69, 9.17) is 0 Å². The number of H-pyrrole nitrogens is 1. The number of aromatic amines is 1. The Morgan fingerprint density at radius 3 is 2.64 bits per heavy atom. The minimum absolute atomic E-state index is 0.288. The van der Waals surface area contributed by atoms with Crippen LogP contribution in [0.1, 0.15) is 25.8 Å². The Hall–Kier alpha value is -2.70. The second kappa shape index (κ2) is 5.97. The molecule has 0 fully saturated rings. The number of nitrogens with one attached hydrogen (secondary N) is 3. The van der Waals surface area contributed by atoms with Crippen molar-refractivity contribution in [3.05, 3.63) is 29.8 Å². The third kappa shape index (κ3) is 2.98. The summed E-state index contributed by atoms with van der Waals surface area (Å²) in [6.45, 7) is 6.25. The number of benzene rings is 1. The van der Waals surface area contributed by atoms with Gasteiger partial charge < -0.3 is 10.6 Å². The number of aryl methyl sites for hydroxylation is 1. The smallest absolute Gasteiger partial charge is 0.227 e. The van der Waals surface area contributed by atoms with E-state index in [2.05, 4.69) is 56.8 Å². The second-order valence-corrected chi connectivity index (χ2v) is 5.34. The van der Waals surface area contributed by atoms with Gasteiger partial charge in [0, 0.05) is 11.7 Å². The van der Waals surface area contributed by atoms with Crippen molar-refractivity contribution in [2.45, 2.75) is 33.2 Å². The molecule has 1 aromatic carbocycles. The third-order valence-corrected chi connectivity index (χ3v) is 3.49. The van der Waals surface area contributed by atoms with Crippen LogP contribution >= 0.6 is 0 Å². The molecule has 3 N–H and O–H groups in total. The average molecular weight is 297 g/mol. The van der Waals surface area contributed by atoms with Gasteiger partial charge >= 0.3 is 0 Å². The van der Waals surface area contributed by atoms with Crippen molar-refractivity contribution in [3.8, 4) is 0 Å². The summed E-state index contributed by atoms with van der Waals surface area (Å²) in [5, 5.41) is 17.3. The Bertz CT molecular complexity index is 763. The largest absolute Gasteiger partial charge is 0.352 e. The van der Waals surface area contributed by atoms with Gasteiger partial charge in [-0.3, -0.25) is 0 Å². The molecule has 7 nitrogen and oxygen atoms in total. The molecule has 7 heteroatoms. The Kier molecular flexibility index (Phi) is 3.86. The summed E-state index contributed by atoms with van der Waals surface area (Å²) < 4.78 is 0. The summed E-state index contributed by atoms with van der Waals surface area (Å²) in [7, 11) is 0. The molecular weight excluding hydrogens is 278 g/mol. The van der Waals surface area contributed by atoms with E-state index in [-0.39, 0.29) is 6.04 Å². The van der Waals surface area contributed by atoms with Crippen LogP contribution in [0.2, 0.25) is 0 Å². The van der Waals surface area contributed by atoms with Crippen molar-refractivity contribution in [2.75, 3.05) is 10.6 Å². The molecule has 3 aromatic rings. The molecule has 2 heterocycles. The highest BCUT2D eigenvalue weighted by Crippen LogP contribution is 2.22. The predicted molar refractivity (Wildman–Crippen MR) is 87.3 cm³/mol. The van der Waals surface area contributed by atoms with Crippen LogP contribution in [0.25, 0.3) is 11.2 Å². The zero-order valence-corrected chi connectivity index (χ0v) is 12.9. The van der Waals surface area contributed by atoms with E-state index in [1.807, 2.05) is 24.3 Å². The van der Waals surface area contributed by atoms with E-state index >= 15 is 0 Å². The van der Waals surface area contributed by atoms with Crippen molar-refractivity contribution in [1.82, 2.24) is 25.4 Å². The Morgan fingerprint density at radius 1 is 1.14 bits per heavy atom. The van der Waals surface area contributed by atoms with E-state index in [0.29, 0.717) is 22.9 Å². The van der Waals surface area contributed by atoms with Gasteiger partial charge in [-0.1, -0.05) is 24.6 Å². The van der Waals surface area contributed by atoms with Gasteiger partial charge in [-0.05, 0) is 32.4 Å². The first-order chi connectivity index (χ1) is 10.7. The minimum Gasteiger partial charge on any atom is -0.352 e. The molecule has 0 amide bonds.